The summed E-state index contributed by atoms with van der Waals surface area (Å²) in [6, 6.07) is 10.3. The Morgan fingerprint density at radius 3 is 2.85 bits per heavy atom. The number of benzene rings is 1. The van der Waals surface area contributed by atoms with Crippen LogP contribution in [0.15, 0.2) is 46.5 Å². The summed E-state index contributed by atoms with van der Waals surface area (Å²) in [6.45, 7) is 0. The first-order valence-electron chi connectivity index (χ1n) is 6.32. The molecule has 0 radical (unpaired) electrons. The van der Waals surface area contributed by atoms with Crippen molar-refractivity contribution in [1.29, 1.82) is 0 Å². The van der Waals surface area contributed by atoms with Gasteiger partial charge in [-0.2, -0.15) is 0 Å². The van der Waals surface area contributed by atoms with E-state index in [1.165, 1.54) is 16.6 Å². The van der Waals surface area contributed by atoms with Crippen molar-refractivity contribution < 1.29 is 0 Å². The zero-order valence-corrected chi connectivity index (χ0v) is 11.9. The van der Waals surface area contributed by atoms with Gasteiger partial charge >= 0.3 is 0 Å². The van der Waals surface area contributed by atoms with Crippen molar-refractivity contribution in [3.8, 4) is 0 Å². The molecule has 1 N–H and O–H groups in total. The second kappa shape index (κ2) is 5.50. The molecule has 0 fully saturated rings. The molecule has 20 heavy (non-hydrogen) atoms. The summed E-state index contributed by atoms with van der Waals surface area (Å²) < 4.78 is 1.43. The number of nitrogens with one attached hydrogen (secondary N) is 1. The third kappa shape index (κ3) is 2.46. The summed E-state index contributed by atoms with van der Waals surface area (Å²) in [5.74, 6) is 0.910. The minimum absolute atomic E-state index is 0.118. The van der Waals surface area contributed by atoms with Crippen molar-refractivity contribution in [3.05, 3.63) is 52.6 Å². The van der Waals surface area contributed by atoms with Gasteiger partial charge < -0.3 is 0 Å². The number of rotatable bonds is 4. The number of hydrogen-bond acceptors (Lipinski definition) is 4. The molecule has 2 heterocycles. The highest BCUT2D eigenvalue weighted by atomic mass is 32.2. The minimum Gasteiger partial charge on any atom is -0.291 e. The number of thioether (sulfide) groups is 1. The van der Waals surface area contributed by atoms with E-state index < -0.39 is 0 Å². The summed E-state index contributed by atoms with van der Waals surface area (Å²) in [5.41, 5.74) is 2.35. The highest BCUT2D eigenvalue weighted by Gasteiger charge is 2.10. The Morgan fingerprint density at radius 1 is 1.25 bits per heavy atom. The first-order valence-corrected chi connectivity index (χ1v) is 7.30. The van der Waals surface area contributed by atoms with Gasteiger partial charge in [0.1, 0.15) is 16.9 Å². The Labute approximate surface area is 120 Å². The number of fused-ring (bicyclic) bond motifs is 1. The van der Waals surface area contributed by atoms with Gasteiger partial charge in [0.25, 0.3) is 5.56 Å². The van der Waals surface area contributed by atoms with E-state index in [-0.39, 0.29) is 5.56 Å². The normalized spacial score (nSPS) is 11.1. The number of H-pyrrole nitrogens is 1. The molecule has 3 rings (SSSR count). The molecule has 0 amide bonds. The maximum absolute atomic E-state index is 11.8. The highest BCUT2D eigenvalue weighted by molar-refractivity contribution is 7.99. The van der Waals surface area contributed by atoms with E-state index in [1.54, 1.807) is 18.8 Å². The van der Waals surface area contributed by atoms with Crippen molar-refractivity contribution in [1.82, 2.24) is 19.7 Å². The van der Waals surface area contributed by atoms with E-state index in [4.69, 9.17) is 0 Å². The first-order chi connectivity index (χ1) is 9.75. The van der Waals surface area contributed by atoms with Crippen molar-refractivity contribution in [2.75, 3.05) is 5.75 Å². The molecule has 0 aliphatic heterocycles. The smallest absolute Gasteiger partial charge is 0.291 e. The topological polar surface area (TPSA) is 63.6 Å². The largest absolute Gasteiger partial charge is 0.292 e. The van der Waals surface area contributed by atoms with E-state index in [0.717, 1.165) is 22.7 Å². The van der Waals surface area contributed by atoms with Gasteiger partial charge in [0, 0.05) is 12.8 Å². The Hall–Kier alpha value is -2.08. The van der Waals surface area contributed by atoms with Gasteiger partial charge in [-0.05, 0) is 12.0 Å². The van der Waals surface area contributed by atoms with Gasteiger partial charge in [-0.15, -0.1) is 11.8 Å². The summed E-state index contributed by atoms with van der Waals surface area (Å²) in [7, 11) is 1.68. The predicted molar refractivity (Wildman–Crippen MR) is 80.0 cm³/mol. The van der Waals surface area contributed by atoms with E-state index in [2.05, 4.69) is 27.2 Å². The lowest BCUT2D eigenvalue weighted by Gasteiger charge is -2.02. The van der Waals surface area contributed by atoms with E-state index in [0.29, 0.717) is 5.52 Å². The quantitative estimate of drug-likeness (QED) is 0.588. The summed E-state index contributed by atoms with van der Waals surface area (Å²) >= 11 is 1.63. The van der Waals surface area contributed by atoms with Crippen LogP contribution in [0.3, 0.4) is 0 Å². The van der Waals surface area contributed by atoms with Crippen LogP contribution in [-0.2, 0) is 13.5 Å². The number of nitrogens with zero attached hydrogens (tertiary/aromatic N) is 3. The third-order valence-corrected chi connectivity index (χ3v) is 4.06. The van der Waals surface area contributed by atoms with Gasteiger partial charge in [-0.1, -0.05) is 30.3 Å². The van der Waals surface area contributed by atoms with Crippen molar-refractivity contribution in [2.24, 2.45) is 7.05 Å². The standard InChI is InChI=1S/C14H14N4OS/c1-18-14(19)12-11(17-18)13(16-9-15-12)20-8-7-10-5-3-2-4-6-10/h2-6,9,17H,7-8H2,1H3. The maximum Gasteiger partial charge on any atom is 0.292 e. The van der Waals surface area contributed by atoms with Crippen LogP contribution in [0.2, 0.25) is 0 Å². The highest BCUT2D eigenvalue weighted by Crippen LogP contribution is 2.22. The maximum atomic E-state index is 11.8. The van der Waals surface area contributed by atoms with E-state index in [9.17, 15) is 4.79 Å². The second-order valence-corrected chi connectivity index (χ2v) is 5.55. The fourth-order valence-corrected chi connectivity index (χ4v) is 2.97. The molecule has 0 aliphatic rings. The number of aromatic nitrogens is 4. The molecule has 1 aromatic carbocycles. The van der Waals surface area contributed by atoms with E-state index in [1.807, 2.05) is 18.2 Å². The number of aryl methyl sites for hydroxylation is 2. The molecular formula is C14H14N4OS. The van der Waals surface area contributed by atoms with Gasteiger partial charge in [-0.3, -0.25) is 14.6 Å². The van der Waals surface area contributed by atoms with Gasteiger partial charge in [-0.25, -0.2) is 9.97 Å². The van der Waals surface area contributed by atoms with Crippen molar-refractivity contribution in [2.45, 2.75) is 11.4 Å². The van der Waals surface area contributed by atoms with Gasteiger partial charge in [0.2, 0.25) is 0 Å². The minimum atomic E-state index is -0.118. The Morgan fingerprint density at radius 2 is 2.05 bits per heavy atom. The molecular weight excluding hydrogens is 272 g/mol. The van der Waals surface area contributed by atoms with Crippen LogP contribution in [0.5, 0.6) is 0 Å². The molecule has 0 atom stereocenters. The zero-order valence-electron chi connectivity index (χ0n) is 11.0. The molecule has 0 saturated heterocycles. The van der Waals surface area contributed by atoms with Gasteiger partial charge in [0.05, 0.1) is 0 Å². The summed E-state index contributed by atoms with van der Waals surface area (Å²) in [6.07, 6.45) is 2.41. The lowest BCUT2D eigenvalue weighted by atomic mass is 10.2. The van der Waals surface area contributed by atoms with Crippen LogP contribution in [0.25, 0.3) is 11.0 Å². The van der Waals surface area contributed by atoms with Crippen LogP contribution < -0.4 is 5.56 Å². The summed E-state index contributed by atoms with van der Waals surface area (Å²) in [4.78, 5) is 20.1. The lowest BCUT2D eigenvalue weighted by Crippen LogP contribution is -2.11. The van der Waals surface area contributed by atoms with Crippen LogP contribution >= 0.6 is 11.8 Å². The monoisotopic (exact) mass is 286 g/mol. The second-order valence-electron chi connectivity index (χ2n) is 4.46. The van der Waals surface area contributed by atoms with Crippen LogP contribution in [0.1, 0.15) is 5.56 Å². The molecule has 2 aromatic heterocycles. The fraction of sp³-hybridized carbons (Fsp3) is 0.214. The molecule has 102 valence electrons. The fourth-order valence-electron chi connectivity index (χ4n) is 2.03. The lowest BCUT2D eigenvalue weighted by molar-refractivity contribution is 0.748. The number of aromatic amines is 1. The average molecular weight is 286 g/mol. The number of hydrogen-bond donors (Lipinski definition) is 1. The average Bonchev–Trinajstić information content (AvgIpc) is 2.77. The van der Waals surface area contributed by atoms with Crippen LogP contribution in [0.4, 0.5) is 0 Å². The third-order valence-electron chi connectivity index (χ3n) is 3.07. The van der Waals surface area contributed by atoms with Crippen molar-refractivity contribution in [3.63, 3.8) is 0 Å². The Bertz CT molecular complexity index is 779. The molecule has 0 bridgehead atoms. The molecule has 0 unspecified atom stereocenters. The molecule has 6 heteroatoms. The van der Waals surface area contributed by atoms with Gasteiger partial charge in [0.15, 0.2) is 5.52 Å². The molecule has 0 spiro atoms. The Kier molecular flexibility index (Phi) is 3.56. The Balaban J connectivity index is 1.78. The SMILES string of the molecule is Cn1[nH]c2c(SCCc3ccccc3)ncnc2c1=O. The zero-order chi connectivity index (χ0) is 13.9. The van der Waals surface area contributed by atoms with Crippen LogP contribution in [-0.4, -0.2) is 25.5 Å². The molecule has 0 saturated carbocycles. The summed E-state index contributed by atoms with van der Waals surface area (Å²) in [5, 5.41) is 3.83. The molecule has 5 nitrogen and oxygen atoms in total. The predicted octanol–water partition coefficient (Wildman–Crippen LogP) is 1.99. The van der Waals surface area contributed by atoms with E-state index >= 15 is 0 Å². The van der Waals surface area contributed by atoms with Crippen molar-refractivity contribution >= 4 is 22.8 Å². The van der Waals surface area contributed by atoms with Crippen LogP contribution in [0, 0.1) is 0 Å². The first kappa shape index (κ1) is 12.9. The molecule has 0 aliphatic carbocycles. The molecule has 3 aromatic rings.